The van der Waals surface area contributed by atoms with Gasteiger partial charge in [0.05, 0.1) is 29.0 Å². The van der Waals surface area contributed by atoms with Crippen LogP contribution < -0.4 is 18.9 Å². The smallest absolute Gasteiger partial charge is 1.00 e. The molecular formula is C60H104ClLiO8Si2. The zero-order valence-electron chi connectivity index (χ0n) is 49.2. The van der Waals surface area contributed by atoms with Gasteiger partial charge in [-0.1, -0.05) is 69.2 Å². The van der Waals surface area contributed by atoms with Crippen molar-refractivity contribution in [2.75, 3.05) is 19.1 Å². The Labute approximate surface area is 458 Å². The quantitative estimate of drug-likeness (QED) is 0.0877. The zero-order chi connectivity index (χ0) is 51.9. The second-order valence-corrected chi connectivity index (χ2v) is 41.5. The Kier molecular flexibility index (Phi) is 14.6. The second-order valence-electron chi connectivity index (χ2n) is 31.5. The monoisotopic (exact) mass is 1050 g/mol. The molecule has 408 valence electrons. The first kappa shape index (κ1) is 57.4. The number of carbonyl (C=O) groups excluding carboxylic acids is 1. The first-order valence-electron chi connectivity index (χ1n) is 29.6. The third kappa shape index (κ3) is 8.36. The standard InChI is InChI=1S/C30H52O4Si.C21H30O3.C9H21ClOSi.Li.H/c1-26(2,3)35(6,7)34-14-8-11-29(32)23-16-20(23)25-24-19-15-22(19)30(33)17-18(31)9-12-27(30,4)21(24)10-13-28(25,29)5;1-19-5-4-14-16(17(19)11-7-12(11)18(19)23)13-8-15(13)21(24)9-10(22)3-6-20(14,21)2;1-9(2,3)12(4,5)11-8-6-7-10;;/h18-25,31-33H,8-17H2,1-7H3;10-17,22,24H,3-9H2,1-2H3;6-8H2,1-5H3;;/q;;;+1;-1/t18-,19-,20+,21?,22+,23-,24?,25?,27+,28-,29-,30+;10-,11+,12-,13-,14?,15+,16?,17?,19-,20+,21+;;;/m00.../s1. The summed E-state index contributed by atoms with van der Waals surface area (Å²) in [5.74, 6) is 9.12. The Morgan fingerprint density at radius 2 is 1.04 bits per heavy atom. The van der Waals surface area contributed by atoms with Crippen molar-refractivity contribution >= 4 is 34.0 Å². The molecule has 23 atom stereocenters. The predicted octanol–water partition coefficient (Wildman–Crippen LogP) is 9.29. The van der Waals surface area contributed by atoms with Gasteiger partial charge >= 0.3 is 18.9 Å². The molecule has 12 aliphatic carbocycles. The number of halogens is 1. The molecule has 6 unspecified atom stereocenters. The molecule has 0 aliphatic heterocycles. The van der Waals surface area contributed by atoms with Crippen LogP contribution in [0, 0.1) is 105 Å². The number of Topliss-reactive ketones (excluding diaryl/α,β-unsaturated/α-hetero) is 1. The van der Waals surface area contributed by atoms with Crippen LogP contribution in [0.5, 0.6) is 0 Å². The maximum Gasteiger partial charge on any atom is 1.00 e. The maximum absolute atomic E-state index is 12.9. The molecule has 0 aromatic rings. The molecule has 5 N–H and O–H groups in total. The molecule has 0 amide bonds. The van der Waals surface area contributed by atoms with Gasteiger partial charge in [-0.2, -0.15) is 0 Å². The van der Waals surface area contributed by atoms with Gasteiger partial charge in [-0.3, -0.25) is 4.79 Å². The number of hydrogen-bond donors (Lipinski definition) is 5. The van der Waals surface area contributed by atoms with Gasteiger partial charge in [-0.15, -0.1) is 11.6 Å². The molecule has 12 heteroatoms. The van der Waals surface area contributed by atoms with Gasteiger partial charge in [0.25, 0.3) is 0 Å². The molecule has 8 nitrogen and oxygen atoms in total. The summed E-state index contributed by atoms with van der Waals surface area (Å²) >= 11 is 5.58. The summed E-state index contributed by atoms with van der Waals surface area (Å²) in [5, 5.41) is 57.3. The third-order valence-corrected chi connectivity index (χ3v) is 35.7. The molecule has 0 aromatic carbocycles. The van der Waals surface area contributed by atoms with Crippen molar-refractivity contribution in [1.29, 1.82) is 0 Å². The van der Waals surface area contributed by atoms with Crippen LogP contribution in [-0.4, -0.2) is 96.1 Å². The minimum Gasteiger partial charge on any atom is -1.00 e. The Hall–Kier alpha value is 0.711. The van der Waals surface area contributed by atoms with E-state index in [-0.39, 0.29) is 59.2 Å². The van der Waals surface area contributed by atoms with E-state index in [2.05, 4.69) is 95.4 Å². The minimum absolute atomic E-state index is 0. The van der Waals surface area contributed by atoms with E-state index >= 15 is 0 Å². The number of aliphatic hydroxyl groups excluding tert-OH is 2. The number of alkyl halides is 1. The van der Waals surface area contributed by atoms with E-state index in [4.69, 9.17) is 20.5 Å². The topological polar surface area (TPSA) is 137 Å². The SMILES string of the molecule is CC(C)(C)[Si](C)(C)OCCCCl.CC(C)(C)[Si](C)(C)OCCC[C@]1(O)[C@H]2C[C@H]2C2C3C(CC[C@@]21C)[C@@]1(C)CC[C@H](O)C[C@@]1(O)[C@@H]1C[C@H]31.C[C@]12CCC3C(C1[C@@H]1C[C@@H]1C2=O)[C@H]1C[C@H]1[C@]1(O)C[C@@H](O)CC[C@]31C.[H-].[Li+]. The summed E-state index contributed by atoms with van der Waals surface area (Å²) in [6, 6.07) is 0. The average molecular weight is 1050 g/mol. The summed E-state index contributed by atoms with van der Waals surface area (Å²) < 4.78 is 12.4. The van der Waals surface area contributed by atoms with Gasteiger partial charge in [-0.05, 0) is 226 Å². The third-order valence-electron chi connectivity index (χ3n) is 26.4. The average Bonchev–Trinajstić information content (AvgIpc) is 4.08. The molecule has 0 radical (unpaired) electrons. The normalized spacial score (nSPS) is 52.7. The van der Waals surface area contributed by atoms with Crippen molar-refractivity contribution < 1.29 is 59.5 Å². The predicted molar refractivity (Wildman–Crippen MR) is 290 cm³/mol. The van der Waals surface area contributed by atoms with Crippen LogP contribution >= 0.6 is 11.6 Å². The minimum atomic E-state index is -1.75. The van der Waals surface area contributed by atoms with Crippen molar-refractivity contribution in [3.8, 4) is 0 Å². The summed E-state index contributed by atoms with van der Waals surface area (Å²) in [6.45, 7) is 33.8. The van der Waals surface area contributed by atoms with Gasteiger partial charge in [0.15, 0.2) is 16.6 Å². The molecule has 0 aromatic heterocycles. The first-order valence-corrected chi connectivity index (χ1v) is 36.0. The number of rotatable bonds is 9. The maximum atomic E-state index is 12.9. The van der Waals surface area contributed by atoms with Crippen LogP contribution in [0.15, 0.2) is 0 Å². The van der Waals surface area contributed by atoms with E-state index in [1.165, 1.54) is 6.42 Å². The number of aliphatic hydroxyl groups is 5. The van der Waals surface area contributed by atoms with Gasteiger partial charge < -0.3 is 35.8 Å². The molecule has 0 spiro atoms. The van der Waals surface area contributed by atoms with E-state index in [0.717, 1.165) is 103 Å². The van der Waals surface area contributed by atoms with Crippen LogP contribution in [0.3, 0.4) is 0 Å². The molecule has 12 aliphatic rings. The fourth-order valence-electron chi connectivity index (χ4n) is 20.1. The Morgan fingerprint density at radius 1 is 0.597 bits per heavy atom. The summed E-state index contributed by atoms with van der Waals surface area (Å²) in [7, 11) is -3.25. The molecule has 0 bridgehead atoms. The first-order chi connectivity index (χ1) is 32.7. The van der Waals surface area contributed by atoms with Crippen LogP contribution in [0.2, 0.25) is 36.3 Å². The largest absolute Gasteiger partial charge is 1.00 e. The Morgan fingerprint density at radius 3 is 1.53 bits per heavy atom. The zero-order valence-corrected chi connectivity index (χ0v) is 51.0. The van der Waals surface area contributed by atoms with Crippen LogP contribution in [-0.2, 0) is 13.6 Å². The van der Waals surface area contributed by atoms with Gasteiger partial charge in [-0.25, -0.2) is 0 Å². The van der Waals surface area contributed by atoms with Crippen LogP contribution in [0.1, 0.15) is 180 Å². The molecule has 12 fully saturated rings. The summed E-state index contributed by atoms with van der Waals surface area (Å²) in [4.78, 5) is 12.9. The van der Waals surface area contributed by atoms with E-state index in [9.17, 15) is 30.3 Å². The van der Waals surface area contributed by atoms with E-state index in [1.54, 1.807) is 0 Å². The van der Waals surface area contributed by atoms with Crippen molar-refractivity contribution in [2.45, 2.75) is 244 Å². The number of carbonyl (C=O) groups is 1. The van der Waals surface area contributed by atoms with Crippen molar-refractivity contribution in [1.82, 2.24) is 0 Å². The van der Waals surface area contributed by atoms with Gasteiger partial charge in [0.1, 0.15) is 5.78 Å². The van der Waals surface area contributed by atoms with E-state index in [0.29, 0.717) is 112 Å². The molecule has 12 rings (SSSR count). The van der Waals surface area contributed by atoms with Gasteiger partial charge in [0.2, 0.25) is 0 Å². The van der Waals surface area contributed by atoms with Crippen molar-refractivity contribution in [3.63, 3.8) is 0 Å². The fourth-order valence-corrected chi connectivity index (χ4v) is 22.4. The van der Waals surface area contributed by atoms with Crippen LogP contribution in [0.25, 0.3) is 0 Å². The number of hydrogen-bond acceptors (Lipinski definition) is 8. The molecular weight excluding hydrogens is 947 g/mol. The Balaban J connectivity index is 0.000000162. The van der Waals surface area contributed by atoms with E-state index < -0.39 is 33.4 Å². The van der Waals surface area contributed by atoms with E-state index in [1.807, 2.05) is 0 Å². The van der Waals surface area contributed by atoms with Crippen LogP contribution in [0.4, 0.5) is 0 Å². The fraction of sp³-hybridized carbons (Fsp3) is 0.983. The molecule has 72 heavy (non-hydrogen) atoms. The molecule has 0 heterocycles. The van der Waals surface area contributed by atoms with Crippen molar-refractivity contribution in [3.05, 3.63) is 0 Å². The van der Waals surface area contributed by atoms with Crippen molar-refractivity contribution in [2.24, 2.45) is 105 Å². The molecule has 12 saturated carbocycles. The second kappa shape index (κ2) is 18.4. The summed E-state index contributed by atoms with van der Waals surface area (Å²) in [6.07, 6.45) is 15.9. The van der Waals surface area contributed by atoms with Gasteiger partial charge in [0, 0.05) is 43.3 Å². The number of fused-ring (bicyclic) bond motifs is 20. The number of ketones is 1. The summed E-state index contributed by atoms with van der Waals surface area (Å²) in [5.41, 5.74) is -2.05. The molecule has 0 saturated heterocycles. The Bertz CT molecular complexity index is 2070.